The van der Waals surface area contributed by atoms with Gasteiger partial charge in [0, 0.05) is 11.6 Å². The molecule has 0 spiro atoms. The third-order valence-corrected chi connectivity index (χ3v) is 2.48. The summed E-state index contributed by atoms with van der Waals surface area (Å²) in [5, 5.41) is 9.75. The Bertz CT molecular complexity index is 473. The molecule has 0 amide bonds. The van der Waals surface area contributed by atoms with Crippen molar-refractivity contribution >= 4 is 18.4 Å². The van der Waals surface area contributed by atoms with Crippen LogP contribution in [0.15, 0.2) is 12.1 Å². The molecular formula is C12H16ClF2NO4. The van der Waals surface area contributed by atoms with E-state index in [4.69, 9.17) is 10.5 Å². The number of phenols is 1. The Morgan fingerprint density at radius 2 is 2.10 bits per heavy atom. The van der Waals surface area contributed by atoms with Crippen molar-refractivity contribution < 1.29 is 28.2 Å². The molecular weight excluding hydrogens is 296 g/mol. The Kier molecular flexibility index (Phi) is 7.23. The van der Waals surface area contributed by atoms with Crippen LogP contribution >= 0.6 is 12.4 Å². The minimum atomic E-state index is -2.21. The van der Waals surface area contributed by atoms with E-state index in [-0.39, 0.29) is 30.3 Å². The fourth-order valence-electron chi connectivity index (χ4n) is 1.53. The molecule has 0 aliphatic rings. The molecule has 0 aliphatic heterocycles. The van der Waals surface area contributed by atoms with E-state index in [1.807, 2.05) is 0 Å². The van der Waals surface area contributed by atoms with Crippen LogP contribution < -0.4 is 10.5 Å². The summed E-state index contributed by atoms with van der Waals surface area (Å²) in [4.78, 5) is 11.2. The molecule has 114 valence electrons. The number of carbonyl (C=O) groups excluding carboxylic acids is 1. The Labute approximate surface area is 121 Å². The fourth-order valence-corrected chi connectivity index (χ4v) is 1.53. The van der Waals surface area contributed by atoms with Gasteiger partial charge >= 0.3 is 5.97 Å². The number of hydrogen-bond acceptors (Lipinski definition) is 5. The number of esters is 1. The largest absolute Gasteiger partial charge is 0.504 e. The summed E-state index contributed by atoms with van der Waals surface area (Å²) in [7, 11) is 1.21. The van der Waals surface area contributed by atoms with E-state index in [1.165, 1.54) is 14.0 Å². The number of methoxy groups -OCH3 is 1. The predicted octanol–water partition coefficient (Wildman–Crippen LogP) is 1.86. The second kappa shape index (κ2) is 7.86. The minimum Gasteiger partial charge on any atom is -0.504 e. The van der Waals surface area contributed by atoms with Crippen LogP contribution in [0.5, 0.6) is 11.5 Å². The highest BCUT2D eigenvalue weighted by Gasteiger charge is 2.31. The average Bonchev–Trinajstić information content (AvgIpc) is 2.39. The second-order valence-electron chi connectivity index (χ2n) is 3.73. The standard InChI is InChI=1S/C12H15F2NO4.ClH/c1-3-19-12(17)9(14)10(15)7-4-6(13)5-8(18-2)11(7)16;/h4-5,9-10,16H,3,15H2,1-2H3;1H/t9?,10-;/m0./s1. The molecule has 20 heavy (non-hydrogen) atoms. The summed E-state index contributed by atoms with van der Waals surface area (Å²) in [6, 6.07) is 0.209. The van der Waals surface area contributed by atoms with Crippen LogP contribution in [0.3, 0.4) is 0 Å². The van der Waals surface area contributed by atoms with E-state index < -0.39 is 29.7 Å². The van der Waals surface area contributed by atoms with Crippen molar-refractivity contribution in [2.24, 2.45) is 5.73 Å². The summed E-state index contributed by atoms with van der Waals surface area (Å²) in [6.45, 7) is 1.50. The number of carbonyl (C=O) groups is 1. The van der Waals surface area contributed by atoms with Crippen molar-refractivity contribution in [2.75, 3.05) is 13.7 Å². The smallest absolute Gasteiger partial charge is 0.342 e. The summed E-state index contributed by atoms with van der Waals surface area (Å²) in [5.74, 6) is -2.64. The normalized spacial score (nSPS) is 13.1. The van der Waals surface area contributed by atoms with Gasteiger partial charge in [0.15, 0.2) is 11.5 Å². The van der Waals surface area contributed by atoms with Gasteiger partial charge in [0.1, 0.15) is 5.82 Å². The molecule has 1 unspecified atom stereocenters. The molecule has 0 fully saturated rings. The van der Waals surface area contributed by atoms with Crippen molar-refractivity contribution in [3.63, 3.8) is 0 Å². The first-order valence-electron chi connectivity index (χ1n) is 5.55. The number of hydrogen-bond donors (Lipinski definition) is 2. The average molecular weight is 312 g/mol. The lowest BCUT2D eigenvalue weighted by Gasteiger charge is -2.18. The molecule has 1 rings (SSSR count). The molecule has 0 saturated heterocycles. The lowest BCUT2D eigenvalue weighted by molar-refractivity contribution is -0.149. The lowest BCUT2D eigenvalue weighted by Crippen LogP contribution is -2.31. The van der Waals surface area contributed by atoms with Gasteiger partial charge in [-0.3, -0.25) is 0 Å². The number of halogens is 3. The van der Waals surface area contributed by atoms with E-state index in [1.54, 1.807) is 0 Å². The summed E-state index contributed by atoms with van der Waals surface area (Å²) < 4.78 is 36.2. The van der Waals surface area contributed by atoms with Crippen LogP contribution in [-0.2, 0) is 9.53 Å². The molecule has 2 atom stereocenters. The van der Waals surface area contributed by atoms with Gasteiger partial charge in [-0.1, -0.05) is 0 Å². The van der Waals surface area contributed by atoms with E-state index in [0.29, 0.717) is 0 Å². The molecule has 0 aliphatic carbocycles. The molecule has 0 heterocycles. The summed E-state index contributed by atoms with van der Waals surface area (Å²) >= 11 is 0. The van der Waals surface area contributed by atoms with E-state index in [2.05, 4.69) is 4.74 Å². The number of ether oxygens (including phenoxy) is 2. The van der Waals surface area contributed by atoms with Crippen molar-refractivity contribution in [3.05, 3.63) is 23.5 Å². The molecule has 8 heteroatoms. The van der Waals surface area contributed by atoms with Crippen molar-refractivity contribution in [1.82, 2.24) is 0 Å². The second-order valence-corrected chi connectivity index (χ2v) is 3.73. The maximum absolute atomic E-state index is 13.7. The van der Waals surface area contributed by atoms with Crippen LogP contribution in [-0.4, -0.2) is 31.0 Å². The maximum atomic E-state index is 13.7. The van der Waals surface area contributed by atoms with Gasteiger partial charge in [0.05, 0.1) is 19.8 Å². The number of rotatable bonds is 5. The van der Waals surface area contributed by atoms with Gasteiger partial charge in [-0.25, -0.2) is 13.6 Å². The SMILES string of the molecule is CCOC(=O)C(F)[C@@H](N)c1cc(F)cc(OC)c1O.Cl. The maximum Gasteiger partial charge on any atom is 0.342 e. The zero-order chi connectivity index (χ0) is 14.6. The van der Waals surface area contributed by atoms with Crippen molar-refractivity contribution in [3.8, 4) is 11.5 Å². The van der Waals surface area contributed by atoms with Crippen LogP contribution in [0, 0.1) is 5.82 Å². The quantitative estimate of drug-likeness (QED) is 0.811. The highest BCUT2D eigenvalue weighted by molar-refractivity contribution is 5.85. The molecule has 1 aromatic rings. The number of alkyl halides is 1. The third-order valence-electron chi connectivity index (χ3n) is 2.48. The summed E-state index contributed by atoms with van der Waals surface area (Å²) in [5.41, 5.74) is 5.24. The van der Waals surface area contributed by atoms with Crippen LogP contribution in [0.4, 0.5) is 8.78 Å². The molecule has 0 aromatic heterocycles. The highest BCUT2D eigenvalue weighted by atomic mass is 35.5. The Morgan fingerprint density at radius 1 is 1.50 bits per heavy atom. The van der Waals surface area contributed by atoms with Gasteiger partial charge in [-0.15, -0.1) is 12.4 Å². The highest BCUT2D eigenvalue weighted by Crippen LogP contribution is 2.35. The molecule has 3 N–H and O–H groups in total. The first-order valence-corrected chi connectivity index (χ1v) is 5.55. The number of benzene rings is 1. The zero-order valence-electron chi connectivity index (χ0n) is 10.9. The fraction of sp³-hybridized carbons (Fsp3) is 0.417. The first kappa shape index (κ1) is 18.4. The monoisotopic (exact) mass is 311 g/mol. The molecule has 0 saturated carbocycles. The van der Waals surface area contributed by atoms with Gasteiger partial charge in [-0.05, 0) is 13.0 Å². The van der Waals surface area contributed by atoms with Crippen LogP contribution in [0.25, 0.3) is 0 Å². The zero-order valence-corrected chi connectivity index (χ0v) is 11.7. The Hall–Kier alpha value is -1.60. The molecule has 5 nitrogen and oxygen atoms in total. The van der Waals surface area contributed by atoms with Crippen LogP contribution in [0.2, 0.25) is 0 Å². The summed E-state index contributed by atoms with van der Waals surface area (Å²) in [6.07, 6.45) is -2.21. The topological polar surface area (TPSA) is 81.8 Å². The van der Waals surface area contributed by atoms with Gasteiger partial charge in [0.2, 0.25) is 6.17 Å². The third kappa shape index (κ3) is 3.94. The Morgan fingerprint density at radius 3 is 2.60 bits per heavy atom. The number of nitrogens with two attached hydrogens (primary N) is 1. The number of aromatic hydroxyl groups is 1. The number of phenolic OH excluding ortho intramolecular Hbond substituents is 1. The van der Waals surface area contributed by atoms with Gasteiger partial charge in [-0.2, -0.15) is 0 Å². The van der Waals surface area contributed by atoms with Crippen LogP contribution in [0.1, 0.15) is 18.5 Å². The van der Waals surface area contributed by atoms with Crippen molar-refractivity contribution in [2.45, 2.75) is 19.1 Å². The predicted molar refractivity (Wildman–Crippen MR) is 70.3 cm³/mol. The lowest BCUT2D eigenvalue weighted by atomic mass is 10.0. The molecule has 0 bridgehead atoms. The van der Waals surface area contributed by atoms with E-state index in [9.17, 15) is 18.7 Å². The van der Waals surface area contributed by atoms with Gasteiger partial charge < -0.3 is 20.3 Å². The van der Waals surface area contributed by atoms with Gasteiger partial charge in [0.25, 0.3) is 0 Å². The van der Waals surface area contributed by atoms with E-state index >= 15 is 0 Å². The van der Waals surface area contributed by atoms with Crippen molar-refractivity contribution in [1.29, 1.82) is 0 Å². The first-order chi connectivity index (χ1) is 8.92. The van der Waals surface area contributed by atoms with E-state index in [0.717, 1.165) is 12.1 Å². The molecule has 1 aromatic carbocycles. The molecule has 0 radical (unpaired) electrons. The minimum absolute atomic E-state index is 0. The Balaban J connectivity index is 0.00000361.